The number of hydrogen-bond acceptors (Lipinski definition) is 5. The third-order valence-electron chi connectivity index (χ3n) is 3.62. The van der Waals surface area contributed by atoms with Crippen LogP contribution < -0.4 is 19.7 Å². The van der Waals surface area contributed by atoms with E-state index in [0.717, 1.165) is 5.69 Å². The van der Waals surface area contributed by atoms with Crippen LogP contribution in [0.4, 0.5) is 11.5 Å². The number of nitrogens with one attached hydrogen (secondary N) is 1. The lowest BCUT2D eigenvalue weighted by atomic mass is 10.1. The van der Waals surface area contributed by atoms with Gasteiger partial charge in [0.15, 0.2) is 11.5 Å². The molecule has 0 aliphatic carbocycles. The van der Waals surface area contributed by atoms with Gasteiger partial charge in [0.1, 0.15) is 11.9 Å². The number of carbonyl (C=O) groups is 1. The highest BCUT2D eigenvalue weighted by Crippen LogP contribution is 2.33. The lowest BCUT2D eigenvalue weighted by molar-refractivity contribution is -0.128. The van der Waals surface area contributed by atoms with Gasteiger partial charge in [0.25, 0.3) is 5.91 Å². The highest BCUT2D eigenvalue weighted by Gasteiger charge is 2.34. The van der Waals surface area contributed by atoms with Crippen LogP contribution in [0.15, 0.2) is 42.6 Å². The molecule has 0 saturated carbocycles. The van der Waals surface area contributed by atoms with Crippen LogP contribution in [0.1, 0.15) is 6.92 Å². The molecule has 2 atom stereocenters. The summed E-state index contributed by atoms with van der Waals surface area (Å²) in [6.45, 7) is 1.81. The maximum atomic E-state index is 12.4. The summed E-state index contributed by atoms with van der Waals surface area (Å²) in [4.78, 5) is 18.6. The lowest BCUT2D eigenvalue weighted by Crippen LogP contribution is -2.46. The predicted octanol–water partition coefficient (Wildman–Crippen LogP) is 2.31. The molecule has 2 heterocycles. The number of para-hydroxylation sites is 2. The van der Waals surface area contributed by atoms with Crippen molar-refractivity contribution in [1.82, 2.24) is 4.98 Å². The number of hydrogen-bond donors (Lipinski definition) is 1. The third kappa shape index (κ3) is 3.21. The largest absolute Gasteiger partial charge is 0.482 e. The summed E-state index contributed by atoms with van der Waals surface area (Å²) < 4.78 is 11.5. The summed E-state index contributed by atoms with van der Waals surface area (Å²) in [5.41, 5.74) is 0.961. The van der Waals surface area contributed by atoms with Crippen molar-refractivity contribution in [2.75, 3.05) is 24.3 Å². The number of fused-ring (bicyclic) bond motifs is 1. The summed E-state index contributed by atoms with van der Waals surface area (Å²) in [7, 11) is 3.86. The molecule has 0 saturated heterocycles. The van der Waals surface area contributed by atoms with Crippen molar-refractivity contribution in [1.29, 1.82) is 0 Å². The fraction of sp³-hybridized carbons (Fsp3) is 0.294. The number of nitrogens with zero attached hydrogens (tertiary/aromatic N) is 2. The van der Waals surface area contributed by atoms with Crippen LogP contribution in [-0.2, 0) is 4.79 Å². The van der Waals surface area contributed by atoms with E-state index in [4.69, 9.17) is 9.47 Å². The fourth-order valence-electron chi connectivity index (χ4n) is 2.33. The molecule has 0 radical (unpaired) electrons. The molecule has 120 valence electrons. The van der Waals surface area contributed by atoms with Gasteiger partial charge in [-0.05, 0) is 31.2 Å². The Hall–Kier alpha value is -2.76. The fourth-order valence-corrected chi connectivity index (χ4v) is 2.33. The van der Waals surface area contributed by atoms with Gasteiger partial charge in [-0.15, -0.1) is 0 Å². The van der Waals surface area contributed by atoms with Gasteiger partial charge in [-0.1, -0.05) is 12.1 Å². The van der Waals surface area contributed by atoms with Crippen LogP contribution in [0.25, 0.3) is 0 Å². The molecule has 6 nitrogen and oxygen atoms in total. The van der Waals surface area contributed by atoms with Crippen molar-refractivity contribution in [3.8, 4) is 11.5 Å². The molecule has 1 aromatic heterocycles. The van der Waals surface area contributed by atoms with Gasteiger partial charge in [-0.3, -0.25) is 4.79 Å². The minimum atomic E-state index is -0.722. The van der Waals surface area contributed by atoms with Crippen molar-refractivity contribution < 1.29 is 14.3 Å². The number of benzene rings is 1. The van der Waals surface area contributed by atoms with Crippen LogP contribution >= 0.6 is 0 Å². The molecule has 1 aliphatic rings. The second-order valence-electron chi connectivity index (χ2n) is 5.59. The van der Waals surface area contributed by atoms with Gasteiger partial charge in [-0.2, -0.15) is 0 Å². The second kappa shape index (κ2) is 6.16. The van der Waals surface area contributed by atoms with Crippen molar-refractivity contribution >= 4 is 17.4 Å². The van der Waals surface area contributed by atoms with Gasteiger partial charge in [0.2, 0.25) is 6.10 Å². The first-order valence-corrected chi connectivity index (χ1v) is 7.41. The van der Waals surface area contributed by atoms with E-state index in [-0.39, 0.29) is 12.0 Å². The quantitative estimate of drug-likeness (QED) is 0.942. The first-order chi connectivity index (χ1) is 11.0. The highest BCUT2D eigenvalue weighted by atomic mass is 16.6. The topological polar surface area (TPSA) is 63.7 Å². The summed E-state index contributed by atoms with van der Waals surface area (Å²) in [5, 5.41) is 2.77. The Balaban J connectivity index is 1.71. The van der Waals surface area contributed by atoms with Crippen LogP contribution in [0.2, 0.25) is 0 Å². The van der Waals surface area contributed by atoms with E-state index in [2.05, 4.69) is 10.3 Å². The molecule has 6 heteroatoms. The second-order valence-corrected chi connectivity index (χ2v) is 5.59. The molecule has 2 aromatic rings. The SMILES string of the molecule is C[C@@H]1Oc2ccccc2O[C@H]1C(=O)Nc1ccc(N(C)C)cn1. The molecule has 3 rings (SSSR count). The van der Waals surface area contributed by atoms with Gasteiger partial charge in [0.05, 0.1) is 11.9 Å². The van der Waals surface area contributed by atoms with E-state index < -0.39 is 6.10 Å². The maximum Gasteiger partial charge on any atom is 0.270 e. The van der Waals surface area contributed by atoms with Gasteiger partial charge in [0, 0.05) is 14.1 Å². The minimum absolute atomic E-state index is 0.280. The van der Waals surface area contributed by atoms with Crippen LogP contribution in [0, 0.1) is 0 Å². The average molecular weight is 313 g/mol. The normalized spacial score (nSPS) is 19.1. The monoisotopic (exact) mass is 313 g/mol. The van der Waals surface area contributed by atoms with Gasteiger partial charge >= 0.3 is 0 Å². The van der Waals surface area contributed by atoms with Crippen LogP contribution in [0.3, 0.4) is 0 Å². The van der Waals surface area contributed by atoms with E-state index in [9.17, 15) is 4.79 Å². The summed E-state index contributed by atoms with van der Waals surface area (Å²) in [5.74, 6) is 1.42. The Bertz CT molecular complexity index is 700. The number of anilines is 2. The zero-order valence-corrected chi connectivity index (χ0v) is 13.3. The van der Waals surface area contributed by atoms with Gasteiger partial charge < -0.3 is 19.7 Å². The van der Waals surface area contributed by atoms with Crippen molar-refractivity contribution in [3.05, 3.63) is 42.6 Å². The highest BCUT2D eigenvalue weighted by molar-refractivity contribution is 5.94. The number of rotatable bonds is 3. The molecule has 1 aromatic carbocycles. The average Bonchev–Trinajstić information content (AvgIpc) is 2.54. The number of pyridine rings is 1. The van der Waals surface area contributed by atoms with E-state index >= 15 is 0 Å². The molecule has 0 fully saturated rings. The van der Waals surface area contributed by atoms with E-state index in [0.29, 0.717) is 17.3 Å². The summed E-state index contributed by atoms with van der Waals surface area (Å²) in [6.07, 6.45) is 0.596. The molecule has 23 heavy (non-hydrogen) atoms. The Morgan fingerprint density at radius 2 is 1.83 bits per heavy atom. The molecule has 1 N–H and O–H groups in total. The Kier molecular flexibility index (Phi) is 4.06. The lowest BCUT2D eigenvalue weighted by Gasteiger charge is -2.30. The molecular weight excluding hydrogens is 294 g/mol. The Labute approximate surface area is 135 Å². The molecule has 0 spiro atoms. The van der Waals surface area contributed by atoms with E-state index in [1.165, 1.54) is 0 Å². The molecule has 1 aliphatic heterocycles. The number of amides is 1. The van der Waals surface area contributed by atoms with Gasteiger partial charge in [-0.25, -0.2) is 4.98 Å². The Morgan fingerprint density at radius 3 is 2.43 bits per heavy atom. The predicted molar refractivity (Wildman–Crippen MR) is 88.1 cm³/mol. The van der Waals surface area contributed by atoms with Crippen molar-refractivity contribution in [3.63, 3.8) is 0 Å². The smallest absolute Gasteiger partial charge is 0.270 e. The first kappa shape index (κ1) is 15.1. The molecule has 1 amide bonds. The van der Waals surface area contributed by atoms with Crippen LogP contribution in [0.5, 0.6) is 11.5 Å². The minimum Gasteiger partial charge on any atom is -0.482 e. The molecular formula is C17H19N3O3. The summed E-state index contributed by atoms with van der Waals surface area (Å²) in [6, 6.07) is 11.0. The number of carbonyl (C=O) groups excluding carboxylic acids is 1. The van der Waals surface area contributed by atoms with Crippen molar-refractivity contribution in [2.24, 2.45) is 0 Å². The van der Waals surface area contributed by atoms with E-state index in [1.807, 2.05) is 50.2 Å². The standard InChI is InChI=1S/C17H19N3O3/c1-11-16(23-14-7-5-4-6-13(14)22-11)17(21)19-15-9-8-12(10-18-15)20(2)3/h4-11,16H,1-3H3,(H,18,19,21)/t11-,16+/m0/s1. The first-order valence-electron chi connectivity index (χ1n) is 7.41. The zero-order valence-electron chi connectivity index (χ0n) is 13.3. The maximum absolute atomic E-state index is 12.4. The Morgan fingerprint density at radius 1 is 1.13 bits per heavy atom. The number of ether oxygens (including phenoxy) is 2. The van der Waals surface area contributed by atoms with E-state index in [1.54, 1.807) is 18.3 Å². The number of aromatic nitrogens is 1. The van der Waals surface area contributed by atoms with Crippen molar-refractivity contribution in [2.45, 2.75) is 19.1 Å². The molecule has 0 unspecified atom stereocenters. The van der Waals surface area contributed by atoms with Crippen LogP contribution in [-0.4, -0.2) is 37.2 Å². The zero-order chi connectivity index (χ0) is 16.4. The third-order valence-corrected chi connectivity index (χ3v) is 3.62. The molecule has 0 bridgehead atoms. The summed E-state index contributed by atoms with van der Waals surface area (Å²) >= 11 is 0.